The van der Waals surface area contributed by atoms with Crippen molar-refractivity contribution in [1.29, 1.82) is 0 Å². The first-order valence-electron chi connectivity index (χ1n) is 12.0. The van der Waals surface area contributed by atoms with E-state index in [4.69, 9.17) is 5.10 Å². The second-order valence-corrected chi connectivity index (χ2v) is 12.5. The van der Waals surface area contributed by atoms with E-state index in [-0.39, 0.29) is 34.6 Å². The Hall–Kier alpha value is -1.85. The van der Waals surface area contributed by atoms with Crippen LogP contribution in [0.3, 0.4) is 0 Å². The van der Waals surface area contributed by atoms with Crippen LogP contribution in [0.15, 0.2) is 6.07 Å². The van der Waals surface area contributed by atoms with Gasteiger partial charge in [-0.3, -0.25) is 9.59 Å². The smallest absolute Gasteiger partial charge is 0.227 e. The molecular formula is C25H40N4O2. The predicted molar refractivity (Wildman–Crippen MR) is 123 cm³/mol. The number of amides is 2. The van der Waals surface area contributed by atoms with Gasteiger partial charge in [-0.25, -0.2) is 4.68 Å². The lowest BCUT2D eigenvalue weighted by Crippen LogP contribution is -2.53. The molecule has 0 aromatic carbocycles. The normalized spacial score (nSPS) is 29.8. The highest BCUT2D eigenvalue weighted by Gasteiger charge is 2.54. The van der Waals surface area contributed by atoms with Gasteiger partial charge in [0.05, 0.1) is 11.2 Å². The molecule has 31 heavy (non-hydrogen) atoms. The summed E-state index contributed by atoms with van der Waals surface area (Å²) in [7, 11) is 0. The summed E-state index contributed by atoms with van der Waals surface area (Å²) in [4.78, 5) is 25.8. The number of carbonyl (C=O) groups excluding carboxylic acids is 2. The third-order valence-corrected chi connectivity index (χ3v) is 7.54. The molecule has 1 aromatic rings. The van der Waals surface area contributed by atoms with Crippen molar-refractivity contribution in [3.63, 3.8) is 0 Å². The van der Waals surface area contributed by atoms with Gasteiger partial charge >= 0.3 is 0 Å². The minimum absolute atomic E-state index is 0.0864. The van der Waals surface area contributed by atoms with Crippen molar-refractivity contribution in [1.82, 2.24) is 15.1 Å². The highest BCUT2D eigenvalue weighted by atomic mass is 16.2. The van der Waals surface area contributed by atoms with Gasteiger partial charge in [0.2, 0.25) is 11.8 Å². The molecule has 1 heterocycles. The Morgan fingerprint density at radius 1 is 1.03 bits per heavy atom. The fourth-order valence-corrected chi connectivity index (χ4v) is 6.42. The molecule has 4 aliphatic rings. The van der Waals surface area contributed by atoms with Crippen molar-refractivity contribution in [2.45, 2.75) is 97.4 Å². The van der Waals surface area contributed by atoms with Gasteiger partial charge in [0.1, 0.15) is 5.82 Å². The second kappa shape index (κ2) is 7.63. The summed E-state index contributed by atoms with van der Waals surface area (Å²) in [6.45, 7) is 13.0. The summed E-state index contributed by atoms with van der Waals surface area (Å²) >= 11 is 0. The van der Waals surface area contributed by atoms with E-state index in [0.717, 1.165) is 48.5 Å². The first kappa shape index (κ1) is 22.3. The molecule has 4 saturated carbocycles. The first-order chi connectivity index (χ1) is 14.4. The van der Waals surface area contributed by atoms with Crippen LogP contribution in [0.4, 0.5) is 5.82 Å². The van der Waals surface area contributed by atoms with Gasteiger partial charge in [-0.2, -0.15) is 5.10 Å². The molecule has 2 amide bonds. The van der Waals surface area contributed by atoms with Gasteiger partial charge in [0, 0.05) is 29.9 Å². The van der Waals surface area contributed by atoms with Gasteiger partial charge in [-0.1, -0.05) is 20.8 Å². The maximum absolute atomic E-state index is 13.1. The molecule has 1 aromatic heterocycles. The van der Waals surface area contributed by atoms with Gasteiger partial charge < -0.3 is 10.6 Å². The monoisotopic (exact) mass is 428 g/mol. The van der Waals surface area contributed by atoms with E-state index in [2.05, 4.69) is 52.2 Å². The molecule has 4 aliphatic carbocycles. The average Bonchev–Trinajstić information content (AvgIpc) is 3.05. The van der Waals surface area contributed by atoms with Crippen molar-refractivity contribution in [2.24, 2.45) is 23.2 Å². The van der Waals surface area contributed by atoms with Crippen molar-refractivity contribution < 1.29 is 9.59 Å². The minimum Gasteiger partial charge on any atom is -0.355 e. The number of aromatic nitrogens is 2. The summed E-state index contributed by atoms with van der Waals surface area (Å²) in [5.74, 6) is 3.06. The summed E-state index contributed by atoms with van der Waals surface area (Å²) in [5.41, 5.74) is 0.464. The maximum atomic E-state index is 13.1. The van der Waals surface area contributed by atoms with Gasteiger partial charge in [0.25, 0.3) is 0 Å². The lowest BCUT2D eigenvalue weighted by atomic mass is 9.49. The van der Waals surface area contributed by atoms with E-state index in [9.17, 15) is 9.59 Å². The van der Waals surface area contributed by atoms with Crippen molar-refractivity contribution in [2.75, 3.05) is 11.9 Å². The van der Waals surface area contributed by atoms with Crippen LogP contribution in [-0.4, -0.2) is 28.1 Å². The topological polar surface area (TPSA) is 76.0 Å². The zero-order valence-electron chi connectivity index (χ0n) is 20.2. The molecule has 4 fully saturated rings. The Bertz CT molecular complexity index is 821. The number of anilines is 1. The van der Waals surface area contributed by atoms with Crippen molar-refractivity contribution >= 4 is 17.6 Å². The molecular weight excluding hydrogens is 388 g/mol. The Kier molecular flexibility index (Phi) is 5.50. The largest absolute Gasteiger partial charge is 0.355 e. The number of nitrogens with zero attached hydrogens (tertiary/aromatic N) is 2. The van der Waals surface area contributed by atoms with Crippen LogP contribution in [0.2, 0.25) is 0 Å². The molecule has 0 unspecified atom stereocenters. The molecule has 6 nitrogen and oxygen atoms in total. The average molecular weight is 429 g/mol. The van der Waals surface area contributed by atoms with Crippen LogP contribution in [0.5, 0.6) is 0 Å². The van der Waals surface area contributed by atoms with E-state index in [0.29, 0.717) is 6.54 Å². The van der Waals surface area contributed by atoms with E-state index >= 15 is 0 Å². The third kappa shape index (κ3) is 4.54. The summed E-state index contributed by atoms with van der Waals surface area (Å²) in [6.07, 6.45) is 7.41. The van der Waals surface area contributed by atoms with Gasteiger partial charge in [-0.05, 0) is 77.0 Å². The van der Waals surface area contributed by atoms with Gasteiger partial charge in [-0.15, -0.1) is 0 Å². The van der Waals surface area contributed by atoms with Crippen LogP contribution in [0.25, 0.3) is 0 Å². The molecule has 0 spiro atoms. The number of hydrogen-bond acceptors (Lipinski definition) is 3. The van der Waals surface area contributed by atoms with Crippen molar-refractivity contribution in [3.05, 3.63) is 11.8 Å². The number of carbonyl (C=O) groups is 2. The molecule has 6 heteroatoms. The fraction of sp³-hybridized carbons (Fsp3) is 0.800. The van der Waals surface area contributed by atoms with Crippen LogP contribution < -0.4 is 10.6 Å². The van der Waals surface area contributed by atoms with E-state index in [1.807, 2.05) is 10.7 Å². The lowest BCUT2D eigenvalue weighted by Gasteiger charge is -2.55. The maximum Gasteiger partial charge on any atom is 0.227 e. The molecule has 4 bridgehead atoms. The standard InChI is InChI=1S/C25H40N4O2/c1-23(2,3)19-12-20(29(28-19)24(4,5)6)27-21(30)7-8-26-22(31)25-13-16-9-17(14-25)11-18(10-16)15-25/h12,16-18H,7-11,13-15H2,1-6H3,(H,26,31)(H,27,30). The van der Waals surface area contributed by atoms with E-state index in [1.54, 1.807) is 0 Å². The Morgan fingerprint density at radius 2 is 1.58 bits per heavy atom. The first-order valence-corrected chi connectivity index (χ1v) is 12.0. The minimum atomic E-state index is -0.237. The Labute approximate surface area is 186 Å². The molecule has 0 saturated heterocycles. The Balaban J connectivity index is 1.34. The van der Waals surface area contributed by atoms with Crippen LogP contribution >= 0.6 is 0 Å². The zero-order chi connectivity index (χ0) is 22.6. The summed E-state index contributed by atoms with van der Waals surface area (Å²) in [5, 5.41) is 10.9. The predicted octanol–water partition coefficient (Wildman–Crippen LogP) is 4.60. The van der Waals surface area contributed by atoms with Gasteiger partial charge in [0.15, 0.2) is 0 Å². The summed E-state index contributed by atoms with van der Waals surface area (Å²) < 4.78 is 1.89. The second-order valence-electron chi connectivity index (χ2n) is 12.5. The molecule has 0 aliphatic heterocycles. The van der Waals surface area contributed by atoms with Crippen LogP contribution in [-0.2, 0) is 20.5 Å². The lowest BCUT2D eigenvalue weighted by molar-refractivity contribution is -0.146. The molecule has 2 N–H and O–H groups in total. The van der Waals surface area contributed by atoms with Crippen LogP contribution in [0.1, 0.15) is 92.2 Å². The molecule has 0 atom stereocenters. The number of rotatable bonds is 5. The highest BCUT2D eigenvalue weighted by molar-refractivity contribution is 5.91. The quantitative estimate of drug-likeness (QED) is 0.720. The molecule has 0 radical (unpaired) electrons. The van der Waals surface area contributed by atoms with Crippen LogP contribution in [0, 0.1) is 23.2 Å². The molecule has 172 valence electrons. The molecule has 5 rings (SSSR count). The Morgan fingerprint density at radius 3 is 2.06 bits per heavy atom. The summed E-state index contributed by atoms with van der Waals surface area (Å²) in [6, 6.07) is 1.97. The zero-order valence-corrected chi connectivity index (χ0v) is 20.2. The highest BCUT2D eigenvalue weighted by Crippen LogP contribution is 2.60. The van der Waals surface area contributed by atoms with Crippen molar-refractivity contribution in [3.8, 4) is 0 Å². The van der Waals surface area contributed by atoms with E-state index in [1.165, 1.54) is 19.3 Å². The van der Waals surface area contributed by atoms with E-state index < -0.39 is 0 Å². The number of hydrogen-bond donors (Lipinski definition) is 2. The SMILES string of the molecule is CC(C)(C)c1cc(NC(=O)CCNC(=O)C23CC4CC(CC(C4)C2)C3)n(C(C)(C)C)n1. The number of nitrogens with one attached hydrogen (secondary N) is 2. The fourth-order valence-electron chi connectivity index (χ4n) is 6.42. The third-order valence-electron chi connectivity index (χ3n) is 7.54.